The third-order valence-corrected chi connectivity index (χ3v) is 3.18. The molecule has 2 aromatic heterocycles. The fraction of sp³-hybridized carbons (Fsp3) is 0.0625. The molecule has 0 saturated carbocycles. The van der Waals surface area contributed by atoms with Gasteiger partial charge in [0.2, 0.25) is 5.91 Å². The zero-order valence-corrected chi connectivity index (χ0v) is 11.1. The first-order chi connectivity index (χ1) is 10.3. The molecule has 2 N–H and O–H groups in total. The van der Waals surface area contributed by atoms with Crippen molar-refractivity contribution in [1.82, 2.24) is 9.97 Å². The van der Waals surface area contributed by atoms with Gasteiger partial charge in [0.05, 0.1) is 6.07 Å². The Morgan fingerprint density at radius 3 is 2.81 bits per heavy atom. The van der Waals surface area contributed by atoms with Gasteiger partial charge in [-0.25, -0.2) is 4.98 Å². The maximum Gasteiger partial charge on any atom is 0.238 e. The predicted molar refractivity (Wildman–Crippen MR) is 80.4 cm³/mol. The quantitative estimate of drug-likeness (QED) is 0.771. The number of hydrogen-bond acceptors (Lipinski definition) is 3. The second-order valence-corrected chi connectivity index (χ2v) is 4.56. The van der Waals surface area contributed by atoms with E-state index in [0.717, 1.165) is 22.2 Å². The number of pyridine rings is 1. The number of H-pyrrole nitrogens is 1. The minimum atomic E-state index is -0.304. The second kappa shape index (κ2) is 5.47. The number of anilines is 1. The number of aromatic nitrogens is 2. The van der Waals surface area contributed by atoms with Crippen LogP contribution in [0.1, 0.15) is 6.42 Å². The van der Waals surface area contributed by atoms with Gasteiger partial charge in [-0.15, -0.1) is 0 Å². The highest BCUT2D eigenvalue weighted by atomic mass is 16.1. The number of nitrogens with zero attached hydrogens (tertiary/aromatic N) is 2. The Hall–Kier alpha value is -3.13. The Balaban J connectivity index is 1.89. The van der Waals surface area contributed by atoms with Crippen LogP contribution < -0.4 is 5.32 Å². The molecule has 5 heteroatoms. The van der Waals surface area contributed by atoms with Gasteiger partial charge in [0.15, 0.2) is 0 Å². The van der Waals surface area contributed by atoms with Crippen LogP contribution >= 0.6 is 0 Å². The first kappa shape index (κ1) is 12.9. The van der Waals surface area contributed by atoms with E-state index in [1.807, 2.05) is 48.7 Å². The lowest BCUT2D eigenvalue weighted by Gasteiger charge is -2.06. The smallest absolute Gasteiger partial charge is 0.238 e. The zero-order chi connectivity index (χ0) is 14.7. The molecule has 0 atom stereocenters. The van der Waals surface area contributed by atoms with Gasteiger partial charge in [-0.2, -0.15) is 5.26 Å². The largest absolute Gasteiger partial charge is 0.346 e. The molecule has 102 valence electrons. The van der Waals surface area contributed by atoms with Crippen molar-refractivity contribution >= 4 is 22.6 Å². The number of carbonyl (C=O) groups is 1. The molecular formula is C16H12N4O. The van der Waals surface area contributed by atoms with Crippen LogP contribution in [0.15, 0.2) is 48.8 Å². The summed E-state index contributed by atoms with van der Waals surface area (Å²) in [5.74, 6) is -0.304. The molecule has 0 fully saturated rings. The average Bonchev–Trinajstić information content (AvgIpc) is 2.97. The summed E-state index contributed by atoms with van der Waals surface area (Å²) < 4.78 is 0. The van der Waals surface area contributed by atoms with Crippen molar-refractivity contribution in [3.8, 4) is 17.2 Å². The number of amides is 1. The van der Waals surface area contributed by atoms with E-state index in [1.165, 1.54) is 0 Å². The average molecular weight is 276 g/mol. The molecule has 0 spiro atoms. The van der Waals surface area contributed by atoms with E-state index in [0.29, 0.717) is 5.69 Å². The highest BCUT2D eigenvalue weighted by molar-refractivity contribution is 5.94. The lowest BCUT2D eigenvalue weighted by Crippen LogP contribution is -2.09. The third-order valence-electron chi connectivity index (χ3n) is 3.18. The highest BCUT2D eigenvalue weighted by Crippen LogP contribution is 2.27. The maximum absolute atomic E-state index is 11.4. The molecule has 0 aliphatic heterocycles. The van der Waals surface area contributed by atoms with E-state index >= 15 is 0 Å². The van der Waals surface area contributed by atoms with Gasteiger partial charge in [0.1, 0.15) is 12.1 Å². The molecule has 3 rings (SSSR count). The van der Waals surface area contributed by atoms with Crippen molar-refractivity contribution in [3.63, 3.8) is 0 Å². The minimum Gasteiger partial charge on any atom is -0.346 e. The van der Waals surface area contributed by atoms with E-state index in [-0.39, 0.29) is 12.3 Å². The molecule has 5 nitrogen and oxygen atoms in total. The van der Waals surface area contributed by atoms with Crippen molar-refractivity contribution in [1.29, 1.82) is 5.26 Å². The Labute approximate surface area is 121 Å². The first-order valence-corrected chi connectivity index (χ1v) is 6.47. The van der Waals surface area contributed by atoms with Crippen LogP contribution in [0.3, 0.4) is 0 Å². The molecule has 1 amide bonds. The van der Waals surface area contributed by atoms with Crippen LogP contribution in [0, 0.1) is 11.3 Å². The summed E-state index contributed by atoms with van der Waals surface area (Å²) in [6, 6.07) is 13.3. The Kier molecular flexibility index (Phi) is 3.36. The number of carbonyl (C=O) groups excluding carboxylic acids is 1. The van der Waals surface area contributed by atoms with Crippen LogP contribution in [-0.4, -0.2) is 15.9 Å². The summed E-state index contributed by atoms with van der Waals surface area (Å²) in [5, 5.41) is 12.2. The van der Waals surface area contributed by atoms with Gasteiger partial charge in [0.25, 0.3) is 0 Å². The Bertz CT molecular complexity index is 827. The standard InChI is InChI=1S/C16H12N4O/c17-8-5-15(21)20-12-3-1-11(2-4-12)13-6-9-18-16-14(13)7-10-19-16/h1-4,6-7,9-10H,5H2,(H,18,19)(H,20,21). The molecule has 1 aromatic carbocycles. The van der Waals surface area contributed by atoms with Gasteiger partial charge in [-0.3, -0.25) is 4.79 Å². The number of nitrogens with one attached hydrogen (secondary N) is 2. The fourth-order valence-electron chi connectivity index (χ4n) is 2.22. The topological polar surface area (TPSA) is 81.6 Å². The molecule has 3 aromatic rings. The predicted octanol–water partition coefficient (Wildman–Crippen LogP) is 3.08. The summed E-state index contributed by atoms with van der Waals surface area (Å²) in [7, 11) is 0. The summed E-state index contributed by atoms with van der Waals surface area (Å²) in [4.78, 5) is 18.7. The highest BCUT2D eigenvalue weighted by Gasteiger charge is 2.06. The fourth-order valence-corrected chi connectivity index (χ4v) is 2.22. The normalized spacial score (nSPS) is 10.2. The van der Waals surface area contributed by atoms with Gasteiger partial charge >= 0.3 is 0 Å². The van der Waals surface area contributed by atoms with Crippen LogP contribution in [-0.2, 0) is 4.79 Å². The van der Waals surface area contributed by atoms with Crippen molar-refractivity contribution in [3.05, 3.63) is 48.8 Å². The molecule has 2 heterocycles. The Morgan fingerprint density at radius 1 is 1.24 bits per heavy atom. The van der Waals surface area contributed by atoms with Gasteiger partial charge in [-0.05, 0) is 35.4 Å². The van der Waals surface area contributed by atoms with Crippen LogP contribution in [0.4, 0.5) is 5.69 Å². The molecule has 21 heavy (non-hydrogen) atoms. The molecule has 0 radical (unpaired) electrons. The molecule has 0 bridgehead atoms. The SMILES string of the molecule is N#CCC(=O)Nc1ccc(-c2ccnc3[nH]ccc23)cc1. The first-order valence-electron chi connectivity index (χ1n) is 6.47. The minimum absolute atomic E-state index is 0.143. The molecule has 0 aliphatic rings. The lowest BCUT2D eigenvalue weighted by atomic mass is 10.0. The Morgan fingerprint density at radius 2 is 2.05 bits per heavy atom. The van der Waals surface area contributed by atoms with Crippen LogP contribution in [0.5, 0.6) is 0 Å². The molecular weight excluding hydrogens is 264 g/mol. The van der Waals surface area contributed by atoms with Gasteiger partial charge in [-0.1, -0.05) is 12.1 Å². The molecule has 0 saturated heterocycles. The van der Waals surface area contributed by atoms with E-state index < -0.39 is 0 Å². The summed E-state index contributed by atoms with van der Waals surface area (Å²) in [5.41, 5.74) is 3.65. The van der Waals surface area contributed by atoms with Crippen molar-refractivity contribution in [2.24, 2.45) is 0 Å². The molecule has 0 aliphatic carbocycles. The van der Waals surface area contributed by atoms with E-state index in [9.17, 15) is 4.79 Å². The zero-order valence-electron chi connectivity index (χ0n) is 11.1. The maximum atomic E-state index is 11.4. The van der Waals surface area contributed by atoms with E-state index in [2.05, 4.69) is 15.3 Å². The lowest BCUT2D eigenvalue weighted by molar-refractivity contribution is -0.115. The number of nitriles is 1. The summed E-state index contributed by atoms with van der Waals surface area (Å²) >= 11 is 0. The number of rotatable bonds is 3. The monoisotopic (exact) mass is 276 g/mol. The van der Waals surface area contributed by atoms with Crippen LogP contribution in [0.25, 0.3) is 22.2 Å². The van der Waals surface area contributed by atoms with Crippen LogP contribution in [0.2, 0.25) is 0 Å². The number of hydrogen-bond donors (Lipinski definition) is 2. The number of aromatic amines is 1. The van der Waals surface area contributed by atoms with E-state index in [1.54, 1.807) is 6.20 Å². The van der Waals surface area contributed by atoms with Crippen molar-refractivity contribution < 1.29 is 4.79 Å². The number of benzene rings is 1. The summed E-state index contributed by atoms with van der Waals surface area (Å²) in [6.45, 7) is 0. The molecule has 0 unspecified atom stereocenters. The van der Waals surface area contributed by atoms with Gasteiger partial charge in [0, 0.05) is 23.5 Å². The van der Waals surface area contributed by atoms with Gasteiger partial charge < -0.3 is 10.3 Å². The van der Waals surface area contributed by atoms with Crippen molar-refractivity contribution in [2.45, 2.75) is 6.42 Å². The van der Waals surface area contributed by atoms with Crippen molar-refractivity contribution in [2.75, 3.05) is 5.32 Å². The number of fused-ring (bicyclic) bond motifs is 1. The van der Waals surface area contributed by atoms with E-state index in [4.69, 9.17) is 5.26 Å². The second-order valence-electron chi connectivity index (χ2n) is 4.56. The summed E-state index contributed by atoms with van der Waals surface area (Å²) in [6.07, 6.45) is 3.48. The third kappa shape index (κ3) is 2.60.